The van der Waals surface area contributed by atoms with E-state index in [4.69, 9.17) is 27.5 Å². The summed E-state index contributed by atoms with van der Waals surface area (Å²) in [6, 6.07) is 4.64. The van der Waals surface area contributed by atoms with Crippen LogP contribution in [0.2, 0.25) is 5.02 Å². The van der Waals surface area contributed by atoms with Gasteiger partial charge in [0.25, 0.3) is 0 Å². The highest BCUT2D eigenvalue weighted by Crippen LogP contribution is 2.23. The van der Waals surface area contributed by atoms with Crippen LogP contribution in [-0.2, 0) is 9.84 Å². The molecule has 94 valence electrons. The molecule has 5 nitrogen and oxygen atoms in total. The van der Waals surface area contributed by atoms with Crippen LogP contribution in [-0.4, -0.2) is 32.9 Å². The molecule has 0 aliphatic rings. The Labute approximate surface area is 105 Å². The molecule has 17 heavy (non-hydrogen) atoms. The summed E-state index contributed by atoms with van der Waals surface area (Å²) in [6.07, 6.45) is 1.13. The molecule has 0 aliphatic heterocycles. The molecule has 0 atom stereocenters. The molecule has 0 aromatic heterocycles. The van der Waals surface area contributed by atoms with Crippen molar-refractivity contribution < 1.29 is 13.2 Å². The predicted molar refractivity (Wildman–Crippen MR) is 67.7 cm³/mol. The van der Waals surface area contributed by atoms with Crippen molar-refractivity contribution in [2.24, 2.45) is 5.73 Å². The first-order chi connectivity index (χ1) is 7.79. The highest BCUT2D eigenvalue weighted by atomic mass is 35.5. The first kappa shape index (κ1) is 13.8. The minimum atomic E-state index is -3.08. The predicted octanol–water partition coefficient (Wildman–Crippen LogP) is 1.05. The standard InChI is InChI=1S/C10H13ClN2O3S/c1-17(14,15)5-4-16-9-6-7(11)2-3-8(9)10(12)13/h2-3,6H,4-5H2,1H3,(H3,12,13). The average Bonchev–Trinajstić information content (AvgIpc) is 2.15. The molecular formula is C10H13ClN2O3S. The molecule has 0 unspecified atom stereocenters. The highest BCUT2D eigenvalue weighted by Gasteiger charge is 2.09. The zero-order valence-corrected chi connectivity index (χ0v) is 10.8. The Kier molecular flexibility index (Phi) is 4.36. The fraction of sp³-hybridized carbons (Fsp3) is 0.300. The summed E-state index contributed by atoms with van der Waals surface area (Å²) in [6.45, 7) is -0.000540. The molecule has 1 aromatic carbocycles. The van der Waals surface area contributed by atoms with Crippen LogP contribution in [0.5, 0.6) is 5.75 Å². The number of sulfone groups is 1. The quantitative estimate of drug-likeness (QED) is 0.621. The third kappa shape index (κ3) is 4.62. The number of nitrogens with two attached hydrogens (primary N) is 1. The van der Waals surface area contributed by atoms with Gasteiger partial charge in [0, 0.05) is 11.3 Å². The number of rotatable bonds is 5. The van der Waals surface area contributed by atoms with Gasteiger partial charge in [-0.25, -0.2) is 8.42 Å². The van der Waals surface area contributed by atoms with E-state index >= 15 is 0 Å². The van der Waals surface area contributed by atoms with Crippen molar-refractivity contribution in [1.29, 1.82) is 5.41 Å². The van der Waals surface area contributed by atoms with Crippen molar-refractivity contribution in [2.45, 2.75) is 0 Å². The molecule has 0 radical (unpaired) electrons. The summed E-state index contributed by atoms with van der Waals surface area (Å²) in [5, 5.41) is 7.78. The van der Waals surface area contributed by atoms with Crippen LogP contribution < -0.4 is 10.5 Å². The topological polar surface area (TPSA) is 93.2 Å². The van der Waals surface area contributed by atoms with Crippen LogP contribution in [0.3, 0.4) is 0 Å². The third-order valence-electron chi connectivity index (χ3n) is 1.95. The van der Waals surface area contributed by atoms with Gasteiger partial charge in [-0.3, -0.25) is 5.41 Å². The lowest BCUT2D eigenvalue weighted by Gasteiger charge is -2.10. The molecule has 0 saturated heterocycles. The van der Waals surface area contributed by atoms with Crippen molar-refractivity contribution in [1.82, 2.24) is 0 Å². The Hall–Kier alpha value is -1.27. The summed E-state index contributed by atoms with van der Waals surface area (Å²) in [5.74, 6) is 0.0568. The Morgan fingerprint density at radius 3 is 2.71 bits per heavy atom. The van der Waals surface area contributed by atoms with Gasteiger partial charge in [-0.05, 0) is 18.2 Å². The second kappa shape index (κ2) is 5.37. The Morgan fingerprint density at radius 1 is 1.53 bits per heavy atom. The van der Waals surface area contributed by atoms with E-state index in [0.29, 0.717) is 16.3 Å². The van der Waals surface area contributed by atoms with Crippen LogP contribution in [0.25, 0.3) is 0 Å². The second-order valence-electron chi connectivity index (χ2n) is 3.53. The number of benzene rings is 1. The van der Waals surface area contributed by atoms with Crippen LogP contribution in [0.1, 0.15) is 5.56 Å². The number of amidine groups is 1. The van der Waals surface area contributed by atoms with Gasteiger partial charge in [-0.15, -0.1) is 0 Å². The van der Waals surface area contributed by atoms with Gasteiger partial charge in [0.15, 0.2) is 9.84 Å². The lowest BCUT2D eigenvalue weighted by Crippen LogP contribution is -2.16. The average molecular weight is 277 g/mol. The Bertz CT molecular complexity index is 528. The van der Waals surface area contributed by atoms with Gasteiger partial charge in [0.05, 0.1) is 11.3 Å². The lowest BCUT2D eigenvalue weighted by atomic mass is 10.2. The number of nitrogens with one attached hydrogen (secondary N) is 1. The molecule has 0 heterocycles. The number of hydrogen-bond acceptors (Lipinski definition) is 4. The number of halogens is 1. The van der Waals surface area contributed by atoms with Crippen molar-refractivity contribution in [3.05, 3.63) is 28.8 Å². The smallest absolute Gasteiger partial charge is 0.150 e. The van der Waals surface area contributed by atoms with Crippen LogP contribution in [0, 0.1) is 5.41 Å². The van der Waals surface area contributed by atoms with Gasteiger partial charge in [0.1, 0.15) is 18.2 Å². The first-order valence-corrected chi connectivity index (χ1v) is 7.18. The molecule has 0 aliphatic carbocycles. The summed E-state index contributed by atoms with van der Waals surface area (Å²) in [5.41, 5.74) is 5.76. The second-order valence-corrected chi connectivity index (χ2v) is 6.23. The molecule has 0 bridgehead atoms. The van der Waals surface area contributed by atoms with Crippen molar-refractivity contribution >= 4 is 27.3 Å². The molecule has 1 aromatic rings. The van der Waals surface area contributed by atoms with E-state index in [2.05, 4.69) is 0 Å². The van der Waals surface area contributed by atoms with Crippen LogP contribution >= 0.6 is 11.6 Å². The van der Waals surface area contributed by atoms with Gasteiger partial charge < -0.3 is 10.5 Å². The largest absolute Gasteiger partial charge is 0.492 e. The Morgan fingerprint density at radius 2 is 2.18 bits per heavy atom. The zero-order valence-electron chi connectivity index (χ0n) is 9.23. The first-order valence-electron chi connectivity index (χ1n) is 4.74. The van der Waals surface area contributed by atoms with E-state index in [1.54, 1.807) is 12.1 Å². The van der Waals surface area contributed by atoms with E-state index in [0.717, 1.165) is 6.26 Å². The maximum atomic E-state index is 10.9. The van der Waals surface area contributed by atoms with E-state index in [1.165, 1.54) is 6.07 Å². The van der Waals surface area contributed by atoms with E-state index in [-0.39, 0.29) is 18.2 Å². The van der Waals surface area contributed by atoms with Crippen molar-refractivity contribution in [2.75, 3.05) is 18.6 Å². The summed E-state index contributed by atoms with van der Waals surface area (Å²) in [4.78, 5) is 0. The normalized spacial score (nSPS) is 11.2. The molecule has 0 amide bonds. The molecule has 1 rings (SSSR count). The fourth-order valence-electron chi connectivity index (χ4n) is 1.14. The third-order valence-corrected chi connectivity index (χ3v) is 3.09. The minimum Gasteiger partial charge on any atom is -0.492 e. The molecular weight excluding hydrogens is 264 g/mol. The SMILES string of the molecule is CS(=O)(=O)CCOc1cc(Cl)ccc1C(=N)N. The van der Waals surface area contributed by atoms with Crippen LogP contribution in [0.4, 0.5) is 0 Å². The summed E-state index contributed by atoms with van der Waals surface area (Å²) >= 11 is 5.78. The van der Waals surface area contributed by atoms with E-state index in [9.17, 15) is 8.42 Å². The summed E-state index contributed by atoms with van der Waals surface area (Å²) in [7, 11) is -3.08. The minimum absolute atomic E-state index is 0.000540. The summed E-state index contributed by atoms with van der Waals surface area (Å²) < 4.78 is 27.1. The number of ether oxygens (including phenoxy) is 1. The van der Waals surface area contributed by atoms with Gasteiger partial charge in [0.2, 0.25) is 0 Å². The fourth-order valence-corrected chi connectivity index (χ4v) is 1.69. The Balaban J connectivity index is 2.82. The molecule has 7 heteroatoms. The number of hydrogen-bond donors (Lipinski definition) is 2. The zero-order chi connectivity index (χ0) is 13.1. The highest BCUT2D eigenvalue weighted by molar-refractivity contribution is 7.90. The maximum Gasteiger partial charge on any atom is 0.150 e. The number of nitrogen functional groups attached to an aromatic ring is 1. The molecule has 3 N–H and O–H groups in total. The van der Waals surface area contributed by atoms with Crippen LogP contribution in [0.15, 0.2) is 18.2 Å². The van der Waals surface area contributed by atoms with Crippen molar-refractivity contribution in [3.8, 4) is 5.75 Å². The molecule has 0 saturated carbocycles. The van der Waals surface area contributed by atoms with E-state index < -0.39 is 9.84 Å². The van der Waals surface area contributed by atoms with Gasteiger partial charge in [-0.2, -0.15) is 0 Å². The van der Waals surface area contributed by atoms with E-state index in [1.807, 2.05) is 0 Å². The monoisotopic (exact) mass is 276 g/mol. The van der Waals surface area contributed by atoms with Crippen molar-refractivity contribution in [3.63, 3.8) is 0 Å². The lowest BCUT2D eigenvalue weighted by molar-refractivity contribution is 0.340. The van der Waals surface area contributed by atoms with Gasteiger partial charge in [-0.1, -0.05) is 11.6 Å². The maximum absolute atomic E-state index is 10.9. The van der Waals surface area contributed by atoms with Gasteiger partial charge >= 0.3 is 0 Å². The molecule has 0 spiro atoms. The molecule has 0 fully saturated rings.